The molecule has 1 aromatic heterocycles. The highest BCUT2D eigenvalue weighted by Gasteiger charge is 1.96. The SMILES string of the molecule is [B]C(C)c1c[nH]c(=S)[nH]1. The molecule has 0 aliphatic rings. The molecular formula is C5H7BN2S. The molecule has 0 saturated carbocycles. The van der Waals surface area contributed by atoms with Crippen LogP contribution in [0.4, 0.5) is 0 Å². The summed E-state index contributed by atoms with van der Waals surface area (Å²) in [4.78, 5) is 5.74. The molecule has 0 aromatic carbocycles. The number of nitrogens with one attached hydrogen (secondary N) is 2. The molecule has 0 aliphatic heterocycles. The van der Waals surface area contributed by atoms with Crippen LogP contribution >= 0.6 is 12.2 Å². The highest BCUT2D eigenvalue weighted by molar-refractivity contribution is 7.71. The van der Waals surface area contributed by atoms with E-state index < -0.39 is 0 Å². The molecule has 2 N–H and O–H groups in total. The van der Waals surface area contributed by atoms with Gasteiger partial charge in [-0.2, -0.15) is 0 Å². The number of hydrogen-bond acceptors (Lipinski definition) is 1. The first-order valence-electron chi connectivity index (χ1n) is 2.73. The van der Waals surface area contributed by atoms with Crippen LogP contribution in [-0.2, 0) is 0 Å². The molecule has 1 aromatic rings. The van der Waals surface area contributed by atoms with Gasteiger partial charge in [0.05, 0.1) is 7.85 Å². The standard InChI is InChI=1S/C5H7BN2S/c1-3(6)4-2-7-5(9)8-4/h2-3H,1H3,(H2,7,8,9). The molecule has 1 atom stereocenters. The van der Waals surface area contributed by atoms with Gasteiger partial charge in [-0.15, -0.1) is 0 Å². The van der Waals surface area contributed by atoms with Gasteiger partial charge in [0.25, 0.3) is 0 Å². The topological polar surface area (TPSA) is 31.6 Å². The van der Waals surface area contributed by atoms with E-state index >= 15 is 0 Å². The Bertz CT molecular complexity index is 237. The predicted octanol–water partition coefficient (Wildman–Crippen LogP) is 1.30. The van der Waals surface area contributed by atoms with Gasteiger partial charge in [0, 0.05) is 11.9 Å². The zero-order valence-corrected chi connectivity index (χ0v) is 5.96. The first kappa shape index (κ1) is 6.61. The molecule has 0 fully saturated rings. The van der Waals surface area contributed by atoms with Crippen molar-refractivity contribution in [2.24, 2.45) is 0 Å². The summed E-state index contributed by atoms with van der Waals surface area (Å²) in [6, 6.07) is 0. The zero-order valence-electron chi connectivity index (χ0n) is 5.14. The summed E-state index contributed by atoms with van der Waals surface area (Å²) in [5, 5.41) is 0. The number of H-pyrrole nitrogens is 2. The minimum Gasteiger partial charge on any atom is -0.337 e. The van der Waals surface area contributed by atoms with Crippen LogP contribution in [0, 0.1) is 4.77 Å². The quantitative estimate of drug-likeness (QED) is 0.444. The van der Waals surface area contributed by atoms with E-state index in [1.54, 1.807) is 6.20 Å². The molecule has 2 nitrogen and oxygen atoms in total. The van der Waals surface area contributed by atoms with Gasteiger partial charge < -0.3 is 9.97 Å². The lowest BCUT2D eigenvalue weighted by Crippen LogP contribution is -1.90. The zero-order chi connectivity index (χ0) is 6.85. The van der Waals surface area contributed by atoms with Gasteiger partial charge in [0.15, 0.2) is 4.77 Å². The predicted molar refractivity (Wildman–Crippen MR) is 40.1 cm³/mol. The summed E-state index contributed by atoms with van der Waals surface area (Å²) in [5.41, 5.74) is 0.944. The van der Waals surface area contributed by atoms with Crippen LogP contribution in [0.2, 0.25) is 0 Å². The normalized spacial score (nSPS) is 13.4. The highest BCUT2D eigenvalue weighted by atomic mass is 32.1. The van der Waals surface area contributed by atoms with Crippen molar-refractivity contribution in [2.75, 3.05) is 0 Å². The minimum atomic E-state index is 0.0259. The summed E-state index contributed by atoms with van der Waals surface area (Å²) < 4.78 is 0.627. The lowest BCUT2D eigenvalue weighted by Gasteiger charge is -1.96. The van der Waals surface area contributed by atoms with Crippen molar-refractivity contribution in [1.82, 2.24) is 9.97 Å². The van der Waals surface area contributed by atoms with E-state index in [1.807, 2.05) is 6.92 Å². The second kappa shape index (κ2) is 2.39. The molecular weight excluding hydrogens is 131 g/mol. The van der Waals surface area contributed by atoms with Crippen molar-refractivity contribution >= 4 is 20.1 Å². The smallest absolute Gasteiger partial charge is 0.174 e. The second-order valence-electron chi connectivity index (χ2n) is 1.99. The first-order chi connectivity index (χ1) is 4.20. The van der Waals surface area contributed by atoms with Gasteiger partial charge in [-0.3, -0.25) is 0 Å². The Morgan fingerprint density at radius 1 is 1.78 bits per heavy atom. The van der Waals surface area contributed by atoms with Crippen molar-refractivity contribution < 1.29 is 0 Å². The maximum Gasteiger partial charge on any atom is 0.174 e. The van der Waals surface area contributed by atoms with Crippen LogP contribution in [0.3, 0.4) is 0 Å². The third kappa shape index (κ3) is 1.45. The average molecular weight is 138 g/mol. The van der Waals surface area contributed by atoms with Crippen molar-refractivity contribution in [3.63, 3.8) is 0 Å². The Kier molecular flexibility index (Phi) is 1.76. The third-order valence-corrected chi connectivity index (χ3v) is 1.33. The van der Waals surface area contributed by atoms with Gasteiger partial charge >= 0.3 is 0 Å². The lowest BCUT2D eigenvalue weighted by atomic mass is 9.87. The van der Waals surface area contributed by atoms with Crippen molar-refractivity contribution in [3.8, 4) is 0 Å². The Labute approximate surface area is 60.1 Å². The van der Waals surface area contributed by atoms with Gasteiger partial charge in [0.2, 0.25) is 0 Å². The van der Waals surface area contributed by atoms with E-state index in [0.717, 1.165) is 5.69 Å². The number of hydrogen-bond donors (Lipinski definition) is 2. The van der Waals surface area contributed by atoms with Crippen LogP contribution < -0.4 is 0 Å². The fourth-order valence-electron chi connectivity index (χ4n) is 0.592. The monoisotopic (exact) mass is 138 g/mol. The number of aromatic amines is 2. The van der Waals surface area contributed by atoms with E-state index in [4.69, 9.17) is 20.1 Å². The Balaban J connectivity index is 2.98. The first-order valence-corrected chi connectivity index (χ1v) is 3.14. The number of imidazole rings is 1. The molecule has 2 radical (unpaired) electrons. The van der Waals surface area contributed by atoms with Crippen molar-refractivity contribution in [2.45, 2.75) is 12.7 Å². The molecule has 9 heavy (non-hydrogen) atoms. The molecule has 0 aliphatic carbocycles. The molecule has 4 heteroatoms. The van der Waals surface area contributed by atoms with E-state index in [2.05, 4.69) is 9.97 Å². The second-order valence-corrected chi connectivity index (χ2v) is 2.40. The molecule has 1 rings (SSSR count). The Morgan fingerprint density at radius 2 is 2.44 bits per heavy atom. The van der Waals surface area contributed by atoms with Crippen LogP contribution in [0.15, 0.2) is 6.20 Å². The highest BCUT2D eigenvalue weighted by Crippen LogP contribution is 2.04. The Hall–Kier alpha value is -0.505. The summed E-state index contributed by atoms with van der Waals surface area (Å²) >= 11 is 4.79. The van der Waals surface area contributed by atoms with Crippen LogP contribution in [-0.4, -0.2) is 17.8 Å². The average Bonchev–Trinajstić information content (AvgIpc) is 2.14. The molecule has 0 amide bonds. The molecule has 0 saturated heterocycles. The van der Waals surface area contributed by atoms with E-state index in [0.29, 0.717) is 4.77 Å². The number of rotatable bonds is 1. The van der Waals surface area contributed by atoms with Gasteiger partial charge in [-0.25, -0.2) is 0 Å². The fraction of sp³-hybridized carbons (Fsp3) is 0.400. The molecule has 1 heterocycles. The van der Waals surface area contributed by atoms with E-state index in [-0.39, 0.29) is 5.82 Å². The Morgan fingerprint density at radius 3 is 2.67 bits per heavy atom. The van der Waals surface area contributed by atoms with Crippen molar-refractivity contribution in [1.29, 1.82) is 0 Å². The van der Waals surface area contributed by atoms with Crippen molar-refractivity contribution in [3.05, 3.63) is 16.7 Å². The third-order valence-electron chi connectivity index (χ3n) is 1.11. The van der Waals surface area contributed by atoms with Crippen LogP contribution in [0.5, 0.6) is 0 Å². The summed E-state index contributed by atoms with van der Waals surface area (Å²) in [5.74, 6) is 0.0259. The maximum absolute atomic E-state index is 5.53. The van der Waals surface area contributed by atoms with Crippen LogP contribution in [0.25, 0.3) is 0 Å². The maximum atomic E-state index is 5.53. The van der Waals surface area contributed by atoms with Gasteiger partial charge in [-0.1, -0.05) is 6.92 Å². The molecule has 1 unspecified atom stereocenters. The summed E-state index contributed by atoms with van der Waals surface area (Å²) in [6.07, 6.45) is 1.78. The fourth-order valence-corrected chi connectivity index (χ4v) is 0.769. The van der Waals surface area contributed by atoms with E-state index in [9.17, 15) is 0 Å². The van der Waals surface area contributed by atoms with Crippen LogP contribution in [0.1, 0.15) is 18.4 Å². The minimum absolute atomic E-state index is 0.0259. The lowest BCUT2D eigenvalue weighted by molar-refractivity contribution is 1.01. The van der Waals surface area contributed by atoms with Gasteiger partial charge in [-0.05, 0) is 18.0 Å². The molecule has 0 bridgehead atoms. The molecule has 0 spiro atoms. The van der Waals surface area contributed by atoms with Gasteiger partial charge in [0.1, 0.15) is 0 Å². The number of aromatic nitrogens is 2. The summed E-state index contributed by atoms with van der Waals surface area (Å²) in [7, 11) is 5.53. The molecule has 46 valence electrons. The van der Waals surface area contributed by atoms with E-state index in [1.165, 1.54) is 0 Å². The largest absolute Gasteiger partial charge is 0.337 e. The summed E-state index contributed by atoms with van der Waals surface area (Å²) in [6.45, 7) is 1.90.